The molecule has 0 bridgehead atoms. The fourth-order valence-corrected chi connectivity index (χ4v) is 4.95. The first-order valence-corrected chi connectivity index (χ1v) is 11.4. The number of carbonyl (C=O) groups is 2. The molecule has 2 amide bonds. The minimum absolute atomic E-state index is 0.0483. The molecule has 4 rings (SSSR count). The summed E-state index contributed by atoms with van der Waals surface area (Å²) in [6, 6.07) is 15.8. The van der Waals surface area contributed by atoms with Crippen LogP contribution in [0.5, 0.6) is 0 Å². The Bertz CT molecular complexity index is 1110. The lowest BCUT2D eigenvalue weighted by atomic mass is 9.89. The van der Waals surface area contributed by atoms with Crippen LogP contribution < -0.4 is 0 Å². The van der Waals surface area contributed by atoms with E-state index in [9.17, 15) is 9.59 Å². The van der Waals surface area contributed by atoms with Crippen LogP contribution in [-0.2, 0) is 16.0 Å². The Kier molecular flexibility index (Phi) is 6.39. The van der Waals surface area contributed by atoms with E-state index in [2.05, 4.69) is 11.1 Å². The highest BCUT2D eigenvalue weighted by Gasteiger charge is 2.46. The summed E-state index contributed by atoms with van der Waals surface area (Å²) in [7, 11) is 3.45. The van der Waals surface area contributed by atoms with Gasteiger partial charge in [-0.05, 0) is 47.9 Å². The predicted octanol–water partition coefficient (Wildman–Crippen LogP) is 3.66. The number of pyridine rings is 1. The topological polar surface area (TPSA) is 62.7 Å². The second-order valence-electron chi connectivity index (χ2n) is 8.29. The van der Waals surface area contributed by atoms with Gasteiger partial charge >= 0.3 is 0 Å². The minimum Gasteiger partial charge on any atom is -0.361 e. The fourth-order valence-electron chi connectivity index (χ4n) is 4.12. The molecule has 1 unspecified atom stereocenters. The fraction of sp³-hybridized carbons (Fsp3) is 0.320. The molecular formula is C25H27N3O3S. The maximum Gasteiger partial charge on any atom is 0.264 e. The smallest absolute Gasteiger partial charge is 0.264 e. The first-order chi connectivity index (χ1) is 15.4. The van der Waals surface area contributed by atoms with Crippen LogP contribution in [0, 0.1) is 6.92 Å². The summed E-state index contributed by atoms with van der Waals surface area (Å²) >= 11 is 1.48. The Hall–Kier alpha value is -3.03. The van der Waals surface area contributed by atoms with Gasteiger partial charge in [0, 0.05) is 44.3 Å². The average molecular weight is 450 g/mol. The Morgan fingerprint density at radius 2 is 1.91 bits per heavy atom. The maximum absolute atomic E-state index is 13.3. The molecule has 1 fully saturated rings. The maximum atomic E-state index is 13.3. The number of aryl methyl sites for hydroxylation is 1. The monoisotopic (exact) mass is 449 g/mol. The van der Waals surface area contributed by atoms with Gasteiger partial charge in [0.1, 0.15) is 0 Å². The number of carbonyl (C=O) groups excluding carboxylic acids is 2. The number of likely N-dealkylation sites (N-methyl/N-ethyl adjacent to an activating group) is 1. The number of rotatable bonds is 5. The minimum atomic E-state index is -1.12. The molecule has 3 aromatic rings. The average Bonchev–Trinajstić information content (AvgIpc) is 3.25. The number of hydrogen-bond acceptors (Lipinski definition) is 5. The van der Waals surface area contributed by atoms with E-state index in [1.54, 1.807) is 36.3 Å². The zero-order valence-electron chi connectivity index (χ0n) is 18.6. The summed E-state index contributed by atoms with van der Waals surface area (Å²) < 4.78 is 6.17. The summed E-state index contributed by atoms with van der Waals surface area (Å²) in [5, 5.41) is 0. The van der Waals surface area contributed by atoms with Gasteiger partial charge in [0.2, 0.25) is 0 Å². The van der Waals surface area contributed by atoms with Gasteiger partial charge in [-0.15, -0.1) is 11.3 Å². The molecule has 0 N–H and O–H groups in total. The third-order valence-corrected chi connectivity index (χ3v) is 6.64. The highest BCUT2D eigenvalue weighted by atomic mass is 32.1. The number of benzene rings is 1. The van der Waals surface area contributed by atoms with Crippen LogP contribution in [0.3, 0.4) is 0 Å². The summed E-state index contributed by atoms with van der Waals surface area (Å²) in [5.74, 6) is -0.181. The standard InChI is InChI=1S/C25H27N3O3S/c1-18-7-8-22(32-18)23(29)28-13-14-31-25(17-28,24(30)27(2)3)16-19-5-4-6-21(15-19)20-9-11-26-12-10-20/h4-12,15H,13-14,16-17H2,1-3H3. The molecule has 32 heavy (non-hydrogen) atoms. The van der Waals surface area contributed by atoms with E-state index in [1.165, 1.54) is 11.3 Å². The van der Waals surface area contributed by atoms with Crippen LogP contribution in [0.1, 0.15) is 20.1 Å². The second-order valence-corrected chi connectivity index (χ2v) is 9.58. The summed E-state index contributed by atoms with van der Waals surface area (Å²) in [5.41, 5.74) is 1.97. The van der Waals surface area contributed by atoms with E-state index in [1.807, 2.05) is 49.4 Å². The highest BCUT2D eigenvalue weighted by Crippen LogP contribution is 2.29. The van der Waals surface area contributed by atoms with Gasteiger partial charge in [-0.1, -0.05) is 24.3 Å². The van der Waals surface area contributed by atoms with Crippen molar-refractivity contribution >= 4 is 23.2 Å². The Labute approximate surface area is 192 Å². The van der Waals surface area contributed by atoms with E-state index < -0.39 is 5.60 Å². The molecule has 2 aromatic heterocycles. The molecule has 0 spiro atoms. The van der Waals surface area contributed by atoms with Crippen molar-refractivity contribution in [3.05, 3.63) is 76.2 Å². The highest BCUT2D eigenvalue weighted by molar-refractivity contribution is 7.13. The molecular weight excluding hydrogens is 422 g/mol. The largest absolute Gasteiger partial charge is 0.361 e. The van der Waals surface area contributed by atoms with E-state index in [-0.39, 0.29) is 18.4 Å². The number of thiophene rings is 1. The Morgan fingerprint density at radius 3 is 2.59 bits per heavy atom. The molecule has 1 atom stereocenters. The molecule has 1 aliphatic heterocycles. The zero-order valence-corrected chi connectivity index (χ0v) is 19.4. The van der Waals surface area contributed by atoms with Gasteiger partial charge in [0.15, 0.2) is 5.60 Å². The summed E-state index contributed by atoms with van der Waals surface area (Å²) in [6.45, 7) is 2.99. The van der Waals surface area contributed by atoms with Gasteiger partial charge in [-0.25, -0.2) is 0 Å². The van der Waals surface area contributed by atoms with Crippen molar-refractivity contribution in [3.8, 4) is 11.1 Å². The number of amides is 2. The Balaban J connectivity index is 1.64. The van der Waals surface area contributed by atoms with Crippen molar-refractivity contribution in [1.29, 1.82) is 0 Å². The van der Waals surface area contributed by atoms with E-state index in [4.69, 9.17) is 4.74 Å². The molecule has 3 heterocycles. The SMILES string of the molecule is Cc1ccc(C(=O)N2CCOC(Cc3cccc(-c4ccncc4)c3)(C(=O)N(C)C)C2)s1. The molecule has 0 aliphatic carbocycles. The molecule has 166 valence electrons. The first kappa shape index (κ1) is 22.2. The number of morpholine rings is 1. The van der Waals surface area contributed by atoms with Crippen LogP contribution >= 0.6 is 11.3 Å². The number of ether oxygens (including phenoxy) is 1. The summed E-state index contributed by atoms with van der Waals surface area (Å²) in [6.07, 6.45) is 3.91. The Morgan fingerprint density at radius 1 is 1.12 bits per heavy atom. The van der Waals surface area contributed by atoms with Crippen molar-refractivity contribution in [3.63, 3.8) is 0 Å². The van der Waals surface area contributed by atoms with Crippen molar-refractivity contribution in [2.45, 2.75) is 18.9 Å². The molecule has 0 radical (unpaired) electrons. The van der Waals surface area contributed by atoms with E-state index in [0.29, 0.717) is 24.4 Å². The number of aromatic nitrogens is 1. The molecule has 6 nitrogen and oxygen atoms in total. The van der Waals surface area contributed by atoms with E-state index in [0.717, 1.165) is 21.6 Å². The normalized spacial score (nSPS) is 18.4. The molecule has 1 saturated heterocycles. The van der Waals surface area contributed by atoms with Crippen LogP contribution in [-0.4, -0.2) is 66.0 Å². The lowest BCUT2D eigenvalue weighted by Gasteiger charge is -2.42. The third-order valence-electron chi connectivity index (χ3n) is 5.65. The van der Waals surface area contributed by atoms with Gasteiger partial charge in [-0.2, -0.15) is 0 Å². The zero-order chi connectivity index (χ0) is 22.7. The molecule has 7 heteroatoms. The van der Waals surface area contributed by atoms with Crippen LogP contribution in [0.4, 0.5) is 0 Å². The molecule has 0 saturated carbocycles. The van der Waals surface area contributed by atoms with Gasteiger partial charge in [0.05, 0.1) is 18.0 Å². The van der Waals surface area contributed by atoms with Gasteiger partial charge in [-0.3, -0.25) is 14.6 Å². The van der Waals surface area contributed by atoms with Crippen LogP contribution in [0.15, 0.2) is 60.9 Å². The second kappa shape index (κ2) is 9.22. The molecule has 1 aromatic carbocycles. The lowest BCUT2D eigenvalue weighted by molar-refractivity contribution is -0.165. The molecule has 1 aliphatic rings. The number of hydrogen-bond donors (Lipinski definition) is 0. The third kappa shape index (κ3) is 4.59. The number of nitrogens with zero attached hydrogens (tertiary/aromatic N) is 3. The lowest BCUT2D eigenvalue weighted by Crippen LogP contribution is -2.61. The van der Waals surface area contributed by atoms with Crippen LogP contribution in [0.25, 0.3) is 11.1 Å². The van der Waals surface area contributed by atoms with Crippen LogP contribution in [0.2, 0.25) is 0 Å². The van der Waals surface area contributed by atoms with Crippen molar-refractivity contribution in [1.82, 2.24) is 14.8 Å². The van der Waals surface area contributed by atoms with Crippen molar-refractivity contribution in [2.24, 2.45) is 0 Å². The van der Waals surface area contributed by atoms with Gasteiger partial charge in [0.25, 0.3) is 11.8 Å². The van der Waals surface area contributed by atoms with E-state index >= 15 is 0 Å². The quantitative estimate of drug-likeness (QED) is 0.596. The predicted molar refractivity (Wildman–Crippen MR) is 126 cm³/mol. The van der Waals surface area contributed by atoms with Crippen molar-refractivity contribution < 1.29 is 14.3 Å². The summed E-state index contributed by atoms with van der Waals surface area (Å²) in [4.78, 5) is 35.6. The van der Waals surface area contributed by atoms with Crippen molar-refractivity contribution in [2.75, 3.05) is 33.8 Å². The van der Waals surface area contributed by atoms with Gasteiger partial charge < -0.3 is 14.5 Å². The first-order valence-electron chi connectivity index (χ1n) is 10.6.